The largest absolute Gasteiger partial charge is 0.506 e. The fourth-order valence-corrected chi connectivity index (χ4v) is 1.07. The number of ether oxygens (including phenoxy) is 1. The van der Waals surface area contributed by atoms with Crippen molar-refractivity contribution in [1.29, 1.82) is 0 Å². The Morgan fingerprint density at radius 2 is 2.27 bits per heavy atom. The second-order valence-electron chi connectivity index (χ2n) is 2.88. The quantitative estimate of drug-likeness (QED) is 0.603. The number of rotatable bonds is 2. The molecule has 0 aliphatic carbocycles. The molecule has 0 aliphatic rings. The number of anilines is 1. The van der Waals surface area contributed by atoms with E-state index in [9.17, 15) is 9.90 Å². The third-order valence-electron chi connectivity index (χ3n) is 1.46. The van der Waals surface area contributed by atoms with Crippen molar-refractivity contribution < 1.29 is 14.6 Å². The minimum atomic E-state index is -0.708. The fraction of sp³-hybridized carbons (Fsp3) is 0.100. The summed E-state index contributed by atoms with van der Waals surface area (Å²) in [5, 5.41) is 12.1. The Bertz CT molecular complexity index is 404. The van der Waals surface area contributed by atoms with Crippen molar-refractivity contribution >= 4 is 23.4 Å². The van der Waals surface area contributed by atoms with Gasteiger partial charge in [-0.1, -0.05) is 18.2 Å². The van der Waals surface area contributed by atoms with Gasteiger partial charge in [-0.3, -0.25) is 5.32 Å². The second-order valence-corrected chi connectivity index (χ2v) is 3.31. The average molecular weight is 228 g/mol. The van der Waals surface area contributed by atoms with E-state index >= 15 is 0 Å². The van der Waals surface area contributed by atoms with Crippen LogP contribution >= 0.6 is 11.6 Å². The minimum absolute atomic E-state index is 0.124. The monoisotopic (exact) mass is 227 g/mol. The maximum Gasteiger partial charge on any atom is 0.416 e. The molecular formula is C10H10ClNO3. The first-order valence-corrected chi connectivity index (χ1v) is 4.49. The first kappa shape index (κ1) is 11.4. The smallest absolute Gasteiger partial charge is 0.416 e. The molecule has 0 unspecified atom stereocenters. The molecule has 5 heteroatoms. The van der Waals surface area contributed by atoms with Gasteiger partial charge >= 0.3 is 6.09 Å². The molecule has 1 rings (SSSR count). The Morgan fingerprint density at radius 1 is 1.60 bits per heavy atom. The lowest BCUT2D eigenvalue weighted by Crippen LogP contribution is -2.12. The Balaban J connectivity index is 2.72. The predicted octanol–water partition coefficient (Wildman–Crippen LogP) is 3.13. The molecule has 1 aromatic carbocycles. The average Bonchev–Trinajstić information content (AvgIpc) is 2.08. The number of hydrogen-bond acceptors (Lipinski definition) is 3. The van der Waals surface area contributed by atoms with Crippen molar-refractivity contribution in [3.05, 3.63) is 35.6 Å². The molecule has 0 radical (unpaired) electrons. The van der Waals surface area contributed by atoms with E-state index in [1.807, 2.05) is 0 Å². The molecule has 0 saturated carbocycles. The number of phenolic OH excluding ortho intramolecular Hbond substituents is 1. The number of aromatic hydroxyl groups is 1. The summed E-state index contributed by atoms with van der Waals surface area (Å²) >= 11 is 5.62. The number of halogens is 1. The van der Waals surface area contributed by atoms with Gasteiger partial charge in [0.05, 0.1) is 11.4 Å². The number of carbonyl (C=O) groups is 1. The first-order valence-electron chi connectivity index (χ1n) is 4.12. The van der Waals surface area contributed by atoms with Crippen molar-refractivity contribution in [1.82, 2.24) is 0 Å². The van der Waals surface area contributed by atoms with Gasteiger partial charge < -0.3 is 9.84 Å². The zero-order valence-corrected chi connectivity index (χ0v) is 8.84. The highest BCUT2D eigenvalue weighted by Crippen LogP contribution is 2.26. The van der Waals surface area contributed by atoms with Gasteiger partial charge in [-0.15, -0.1) is 0 Å². The van der Waals surface area contributed by atoms with Gasteiger partial charge in [-0.05, 0) is 19.1 Å². The van der Waals surface area contributed by atoms with E-state index in [0.29, 0.717) is 5.02 Å². The SMILES string of the molecule is C=C(C)OC(=O)Nc1ccc(Cl)cc1O. The number of amides is 1. The zero-order chi connectivity index (χ0) is 11.4. The van der Waals surface area contributed by atoms with Crippen LogP contribution in [-0.4, -0.2) is 11.2 Å². The Labute approximate surface area is 92.1 Å². The van der Waals surface area contributed by atoms with Crippen molar-refractivity contribution in [3.8, 4) is 5.75 Å². The maximum atomic E-state index is 11.1. The van der Waals surface area contributed by atoms with E-state index in [-0.39, 0.29) is 17.2 Å². The summed E-state index contributed by atoms with van der Waals surface area (Å²) in [6.07, 6.45) is -0.708. The van der Waals surface area contributed by atoms with Crippen molar-refractivity contribution in [3.63, 3.8) is 0 Å². The summed E-state index contributed by atoms with van der Waals surface area (Å²) in [5.74, 6) is 0.141. The summed E-state index contributed by atoms with van der Waals surface area (Å²) in [7, 11) is 0. The molecular weight excluding hydrogens is 218 g/mol. The van der Waals surface area contributed by atoms with E-state index in [0.717, 1.165) is 0 Å². The van der Waals surface area contributed by atoms with E-state index in [1.165, 1.54) is 18.2 Å². The molecule has 0 atom stereocenters. The molecule has 4 nitrogen and oxygen atoms in total. The van der Waals surface area contributed by atoms with Crippen LogP contribution in [0.5, 0.6) is 5.75 Å². The molecule has 0 aliphatic heterocycles. The van der Waals surface area contributed by atoms with Crippen LogP contribution in [0.3, 0.4) is 0 Å². The van der Waals surface area contributed by atoms with E-state index in [2.05, 4.69) is 16.6 Å². The van der Waals surface area contributed by atoms with Crippen LogP contribution in [0.1, 0.15) is 6.92 Å². The lowest BCUT2D eigenvalue weighted by atomic mass is 10.3. The first-order chi connectivity index (χ1) is 6.99. The van der Waals surface area contributed by atoms with Crippen LogP contribution in [0.15, 0.2) is 30.5 Å². The molecule has 0 heterocycles. The Hall–Kier alpha value is -1.68. The summed E-state index contributed by atoms with van der Waals surface area (Å²) in [5.41, 5.74) is 0.227. The molecule has 0 saturated heterocycles. The molecule has 80 valence electrons. The van der Waals surface area contributed by atoms with Crippen molar-refractivity contribution in [2.45, 2.75) is 6.92 Å². The summed E-state index contributed by atoms with van der Waals surface area (Å²) in [6, 6.07) is 4.33. The van der Waals surface area contributed by atoms with Gasteiger partial charge in [-0.25, -0.2) is 4.79 Å². The number of allylic oxidation sites excluding steroid dienone is 1. The minimum Gasteiger partial charge on any atom is -0.506 e. The van der Waals surface area contributed by atoms with Crippen LogP contribution in [0, 0.1) is 0 Å². The number of phenols is 1. The van der Waals surface area contributed by atoms with Crippen molar-refractivity contribution in [2.75, 3.05) is 5.32 Å². The van der Waals surface area contributed by atoms with Gasteiger partial charge in [0.15, 0.2) is 0 Å². The highest BCUT2D eigenvalue weighted by molar-refractivity contribution is 6.30. The molecule has 2 N–H and O–H groups in total. The van der Waals surface area contributed by atoms with Gasteiger partial charge in [0.2, 0.25) is 0 Å². The van der Waals surface area contributed by atoms with Crippen LogP contribution in [0.2, 0.25) is 5.02 Å². The second kappa shape index (κ2) is 4.70. The molecule has 15 heavy (non-hydrogen) atoms. The standard InChI is InChI=1S/C10H10ClNO3/c1-6(2)15-10(14)12-8-4-3-7(11)5-9(8)13/h3-5,13H,1H2,2H3,(H,12,14). The molecule has 0 fully saturated rings. The van der Waals surface area contributed by atoms with E-state index < -0.39 is 6.09 Å². The fourth-order valence-electron chi connectivity index (χ4n) is 0.904. The van der Waals surface area contributed by atoms with Crippen LogP contribution in [0.25, 0.3) is 0 Å². The number of carbonyl (C=O) groups excluding carboxylic acids is 1. The number of hydrogen-bond donors (Lipinski definition) is 2. The third kappa shape index (κ3) is 3.52. The Kier molecular flexibility index (Phi) is 3.57. The highest BCUT2D eigenvalue weighted by Gasteiger charge is 2.07. The van der Waals surface area contributed by atoms with E-state index in [4.69, 9.17) is 11.6 Å². The number of nitrogens with one attached hydrogen (secondary N) is 1. The van der Waals surface area contributed by atoms with Crippen LogP contribution < -0.4 is 5.32 Å². The molecule has 0 spiro atoms. The summed E-state index contributed by atoms with van der Waals surface area (Å²) in [6.45, 7) is 4.95. The number of benzene rings is 1. The highest BCUT2D eigenvalue weighted by atomic mass is 35.5. The predicted molar refractivity (Wildman–Crippen MR) is 58.0 cm³/mol. The molecule has 0 aromatic heterocycles. The van der Waals surface area contributed by atoms with Gasteiger partial charge in [0.25, 0.3) is 0 Å². The Morgan fingerprint density at radius 3 is 2.80 bits per heavy atom. The summed E-state index contributed by atoms with van der Waals surface area (Å²) < 4.78 is 4.65. The maximum absolute atomic E-state index is 11.1. The van der Waals surface area contributed by atoms with Crippen molar-refractivity contribution in [2.24, 2.45) is 0 Å². The molecule has 1 amide bonds. The van der Waals surface area contributed by atoms with E-state index in [1.54, 1.807) is 6.92 Å². The summed E-state index contributed by atoms with van der Waals surface area (Å²) in [4.78, 5) is 11.1. The van der Waals surface area contributed by atoms with Gasteiger partial charge in [0.1, 0.15) is 5.75 Å². The van der Waals surface area contributed by atoms with Crippen LogP contribution in [0.4, 0.5) is 10.5 Å². The molecule has 0 bridgehead atoms. The topological polar surface area (TPSA) is 58.6 Å². The van der Waals surface area contributed by atoms with Gasteiger partial charge in [-0.2, -0.15) is 0 Å². The van der Waals surface area contributed by atoms with Crippen LogP contribution in [-0.2, 0) is 4.74 Å². The zero-order valence-electron chi connectivity index (χ0n) is 8.08. The lowest BCUT2D eigenvalue weighted by Gasteiger charge is -2.07. The third-order valence-corrected chi connectivity index (χ3v) is 1.70. The molecule has 1 aromatic rings. The lowest BCUT2D eigenvalue weighted by molar-refractivity contribution is 0.192. The normalized spacial score (nSPS) is 9.47. The van der Waals surface area contributed by atoms with Gasteiger partial charge in [0, 0.05) is 11.1 Å².